The van der Waals surface area contributed by atoms with Crippen LogP contribution in [0.2, 0.25) is 10.0 Å². The number of halogens is 2. The van der Waals surface area contributed by atoms with Crippen LogP contribution in [0.1, 0.15) is 11.1 Å². The van der Waals surface area contributed by atoms with Gasteiger partial charge in [-0.15, -0.1) is 0 Å². The predicted octanol–water partition coefficient (Wildman–Crippen LogP) is 5.87. The van der Waals surface area contributed by atoms with Crippen molar-refractivity contribution in [2.45, 2.75) is 24.1 Å². The summed E-state index contributed by atoms with van der Waals surface area (Å²) in [4.78, 5) is 12.9. The van der Waals surface area contributed by atoms with Crippen molar-refractivity contribution in [3.8, 4) is 0 Å². The molecule has 0 saturated heterocycles. The maximum Gasteiger partial charge on any atom is 0.244 e. The second kappa shape index (κ2) is 8.98. The lowest BCUT2D eigenvalue weighted by Gasteiger charge is -2.09. The van der Waals surface area contributed by atoms with Gasteiger partial charge in [-0.1, -0.05) is 77.3 Å². The molecule has 0 spiro atoms. The monoisotopic (exact) mass is 486 g/mol. The Morgan fingerprint density at radius 2 is 1.69 bits per heavy atom. The van der Waals surface area contributed by atoms with Crippen molar-refractivity contribution in [1.29, 1.82) is 0 Å². The number of nitrogens with zero attached hydrogens (tertiary/aromatic N) is 1. The summed E-state index contributed by atoms with van der Waals surface area (Å²) in [5.74, 6) is -0.469. The van der Waals surface area contributed by atoms with E-state index in [-0.39, 0.29) is 28.1 Å². The van der Waals surface area contributed by atoms with Crippen LogP contribution >= 0.6 is 23.2 Å². The molecule has 3 aromatic carbocycles. The second-order valence-electron chi connectivity index (χ2n) is 7.53. The van der Waals surface area contributed by atoms with Crippen LogP contribution in [-0.4, -0.2) is 18.9 Å². The first-order valence-corrected chi connectivity index (χ1v) is 12.3. The Morgan fingerprint density at radius 3 is 2.44 bits per heavy atom. The first kappa shape index (κ1) is 22.4. The fraction of sp³-hybridized carbons (Fsp3) is 0.125. The zero-order valence-corrected chi connectivity index (χ0v) is 19.5. The van der Waals surface area contributed by atoms with Crippen LogP contribution in [0.5, 0.6) is 0 Å². The number of sulfone groups is 1. The van der Waals surface area contributed by atoms with Gasteiger partial charge in [-0.2, -0.15) is 0 Å². The number of hydrogen-bond donors (Lipinski definition) is 1. The number of amides is 1. The molecular weight excluding hydrogens is 467 g/mol. The Morgan fingerprint density at radius 1 is 0.969 bits per heavy atom. The van der Waals surface area contributed by atoms with Crippen molar-refractivity contribution in [2.24, 2.45) is 0 Å². The third-order valence-electron chi connectivity index (χ3n) is 5.10. The zero-order valence-electron chi connectivity index (χ0n) is 17.2. The van der Waals surface area contributed by atoms with Crippen molar-refractivity contribution in [3.05, 3.63) is 94.1 Å². The van der Waals surface area contributed by atoms with E-state index < -0.39 is 9.84 Å². The van der Waals surface area contributed by atoms with Crippen molar-refractivity contribution >= 4 is 55.5 Å². The molecule has 32 heavy (non-hydrogen) atoms. The summed E-state index contributed by atoms with van der Waals surface area (Å²) in [6.07, 6.45) is 1.52. The van der Waals surface area contributed by atoms with Crippen LogP contribution in [0.25, 0.3) is 10.9 Å². The Labute approximate surface area is 196 Å². The summed E-state index contributed by atoms with van der Waals surface area (Å²) in [6.45, 7) is 1.87. The van der Waals surface area contributed by atoms with E-state index in [1.54, 1.807) is 47.0 Å². The zero-order chi connectivity index (χ0) is 22.9. The molecule has 0 atom stereocenters. The molecule has 1 N–H and O–H groups in total. The number of aromatic nitrogens is 1. The highest BCUT2D eigenvalue weighted by Gasteiger charge is 2.22. The number of carbonyl (C=O) groups excluding carboxylic acids is 1. The van der Waals surface area contributed by atoms with E-state index in [4.69, 9.17) is 23.2 Å². The summed E-state index contributed by atoms with van der Waals surface area (Å²) in [5.41, 5.74) is 2.82. The number of hydrogen-bond acceptors (Lipinski definition) is 3. The molecule has 0 radical (unpaired) electrons. The van der Waals surface area contributed by atoms with Gasteiger partial charge in [0.1, 0.15) is 6.54 Å². The normalized spacial score (nSPS) is 11.6. The van der Waals surface area contributed by atoms with Gasteiger partial charge in [-0.3, -0.25) is 4.79 Å². The van der Waals surface area contributed by atoms with Gasteiger partial charge < -0.3 is 9.88 Å². The minimum atomic E-state index is -3.63. The molecular formula is C24H20Cl2N2O3S. The lowest BCUT2D eigenvalue weighted by Crippen LogP contribution is -2.18. The molecule has 164 valence electrons. The van der Waals surface area contributed by atoms with Crippen molar-refractivity contribution in [1.82, 2.24) is 4.57 Å². The average Bonchev–Trinajstić information content (AvgIpc) is 3.12. The molecule has 0 fully saturated rings. The third-order valence-corrected chi connectivity index (χ3v) is 7.63. The topological polar surface area (TPSA) is 68.2 Å². The first-order valence-electron chi connectivity index (χ1n) is 9.84. The van der Waals surface area contributed by atoms with Gasteiger partial charge in [-0.25, -0.2) is 8.42 Å². The number of carbonyl (C=O) groups is 1. The minimum Gasteiger partial charge on any atom is -0.337 e. The number of benzene rings is 3. The van der Waals surface area contributed by atoms with Crippen LogP contribution in [0, 0.1) is 6.92 Å². The molecule has 0 saturated carbocycles. The molecule has 1 heterocycles. The molecule has 1 aromatic heterocycles. The lowest BCUT2D eigenvalue weighted by atomic mass is 10.2. The van der Waals surface area contributed by atoms with E-state index in [1.165, 1.54) is 6.20 Å². The quantitative estimate of drug-likeness (QED) is 0.370. The number of rotatable bonds is 6. The molecule has 0 unspecified atom stereocenters. The van der Waals surface area contributed by atoms with Crippen molar-refractivity contribution in [2.75, 3.05) is 5.32 Å². The summed E-state index contributed by atoms with van der Waals surface area (Å²) in [5, 5.41) is 3.89. The van der Waals surface area contributed by atoms with E-state index in [9.17, 15) is 13.2 Å². The number of aryl methyl sites for hydroxylation is 1. The SMILES string of the molecule is Cc1ccc(CS(=O)(=O)c2cn(CC(=O)Nc3cccc(Cl)c3Cl)c3ccccc23)cc1. The molecule has 0 aliphatic carbocycles. The molecule has 4 aromatic rings. The number of nitrogens with one attached hydrogen (secondary N) is 1. The fourth-order valence-electron chi connectivity index (χ4n) is 3.52. The highest BCUT2D eigenvalue weighted by molar-refractivity contribution is 7.90. The highest BCUT2D eigenvalue weighted by atomic mass is 35.5. The fourth-order valence-corrected chi connectivity index (χ4v) is 5.45. The molecule has 0 aliphatic rings. The minimum absolute atomic E-state index is 0.0800. The van der Waals surface area contributed by atoms with E-state index in [2.05, 4.69) is 5.32 Å². The van der Waals surface area contributed by atoms with Gasteiger partial charge in [0, 0.05) is 17.1 Å². The molecule has 4 rings (SSSR count). The Balaban J connectivity index is 1.64. The van der Waals surface area contributed by atoms with E-state index in [1.807, 2.05) is 31.2 Å². The smallest absolute Gasteiger partial charge is 0.244 e. The van der Waals surface area contributed by atoms with E-state index in [0.717, 1.165) is 5.56 Å². The van der Waals surface area contributed by atoms with Crippen LogP contribution in [-0.2, 0) is 26.9 Å². The van der Waals surface area contributed by atoms with E-state index in [0.29, 0.717) is 27.2 Å². The Kier molecular flexibility index (Phi) is 6.29. The highest BCUT2D eigenvalue weighted by Crippen LogP contribution is 2.30. The second-order valence-corrected chi connectivity index (χ2v) is 10.3. The first-order chi connectivity index (χ1) is 15.2. The van der Waals surface area contributed by atoms with Crippen LogP contribution in [0.3, 0.4) is 0 Å². The largest absolute Gasteiger partial charge is 0.337 e. The molecule has 5 nitrogen and oxygen atoms in total. The number of anilines is 1. The lowest BCUT2D eigenvalue weighted by molar-refractivity contribution is -0.116. The van der Waals surface area contributed by atoms with Gasteiger partial charge in [0.2, 0.25) is 5.91 Å². The predicted molar refractivity (Wildman–Crippen MR) is 129 cm³/mol. The van der Waals surface area contributed by atoms with Crippen LogP contribution in [0.15, 0.2) is 77.8 Å². The third kappa shape index (κ3) is 4.67. The van der Waals surface area contributed by atoms with Crippen molar-refractivity contribution in [3.63, 3.8) is 0 Å². The summed E-state index contributed by atoms with van der Waals surface area (Å²) in [7, 11) is -3.63. The summed E-state index contributed by atoms with van der Waals surface area (Å²) >= 11 is 12.2. The van der Waals surface area contributed by atoms with Gasteiger partial charge >= 0.3 is 0 Å². The standard InChI is InChI=1S/C24H20Cl2N2O3S/c1-16-9-11-17(12-10-16)15-32(30,31)22-13-28(21-8-3-2-5-18(21)22)14-23(29)27-20-7-4-6-19(25)24(20)26/h2-13H,14-15H2,1H3,(H,27,29). The van der Waals surface area contributed by atoms with Gasteiger partial charge in [-0.05, 0) is 30.7 Å². The molecule has 1 amide bonds. The van der Waals surface area contributed by atoms with Crippen LogP contribution < -0.4 is 5.32 Å². The molecule has 8 heteroatoms. The van der Waals surface area contributed by atoms with Crippen molar-refractivity contribution < 1.29 is 13.2 Å². The van der Waals surface area contributed by atoms with E-state index >= 15 is 0 Å². The van der Waals surface area contributed by atoms with Gasteiger partial charge in [0.25, 0.3) is 0 Å². The molecule has 0 bridgehead atoms. The number of para-hydroxylation sites is 1. The van der Waals surface area contributed by atoms with Gasteiger partial charge in [0.05, 0.1) is 26.4 Å². The number of fused-ring (bicyclic) bond motifs is 1. The maximum absolute atomic E-state index is 13.2. The Bertz CT molecular complexity index is 1410. The molecule has 0 aliphatic heterocycles. The maximum atomic E-state index is 13.2. The summed E-state index contributed by atoms with van der Waals surface area (Å²) in [6, 6.07) is 19.5. The van der Waals surface area contributed by atoms with Gasteiger partial charge in [0.15, 0.2) is 9.84 Å². The Hall–Kier alpha value is -2.80. The van der Waals surface area contributed by atoms with Crippen LogP contribution in [0.4, 0.5) is 5.69 Å². The summed E-state index contributed by atoms with van der Waals surface area (Å²) < 4.78 is 28.1. The average molecular weight is 487 g/mol.